The van der Waals surface area contributed by atoms with Gasteiger partial charge in [-0.15, -0.1) is 0 Å². The molecule has 0 radical (unpaired) electrons. The average Bonchev–Trinajstić information content (AvgIpc) is 1.89. The number of hydrogen-bond acceptors (Lipinski definition) is 1. The molecule has 0 bridgehead atoms. The van der Waals surface area contributed by atoms with Crippen LogP contribution in [0.1, 0.15) is 27.2 Å². The van der Waals surface area contributed by atoms with Crippen molar-refractivity contribution in [2.45, 2.75) is 33.1 Å². The second-order valence-corrected chi connectivity index (χ2v) is 2.68. The molecule has 0 aromatic heterocycles. The Bertz CT molecular complexity index is 104. The first-order chi connectivity index (χ1) is 5.10. The Morgan fingerprint density at radius 2 is 1.91 bits per heavy atom. The standard InChI is InChI=1S/C6H10F2O.C2H6/c1-5-2-6(7,8)4-9-3-5;1-2/h5H,2-4H2,1H3;1-2H3. The number of halogens is 2. The Morgan fingerprint density at radius 3 is 2.18 bits per heavy atom. The van der Waals surface area contributed by atoms with Gasteiger partial charge in [0.05, 0.1) is 0 Å². The lowest BCUT2D eigenvalue weighted by molar-refractivity contribution is -0.132. The molecule has 0 aromatic rings. The zero-order valence-electron chi connectivity index (χ0n) is 7.36. The summed E-state index contributed by atoms with van der Waals surface area (Å²) in [7, 11) is 0. The molecule has 0 aliphatic carbocycles. The van der Waals surface area contributed by atoms with Crippen molar-refractivity contribution in [2.24, 2.45) is 5.92 Å². The molecule has 1 atom stereocenters. The second kappa shape index (κ2) is 4.65. The van der Waals surface area contributed by atoms with E-state index in [1.807, 2.05) is 13.8 Å². The summed E-state index contributed by atoms with van der Waals surface area (Å²) in [4.78, 5) is 0. The summed E-state index contributed by atoms with van der Waals surface area (Å²) >= 11 is 0. The molecule has 0 saturated carbocycles. The van der Waals surface area contributed by atoms with Crippen molar-refractivity contribution in [2.75, 3.05) is 13.2 Å². The molecule has 68 valence electrons. The molecule has 1 nitrogen and oxygen atoms in total. The second-order valence-electron chi connectivity index (χ2n) is 2.68. The Hall–Kier alpha value is -0.180. The summed E-state index contributed by atoms with van der Waals surface area (Å²) in [5, 5.41) is 0. The summed E-state index contributed by atoms with van der Waals surface area (Å²) in [6, 6.07) is 0. The Kier molecular flexibility index (Phi) is 4.57. The fourth-order valence-corrected chi connectivity index (χ4v) is 1.04. The third-order valence-corrected chi connectivity index (χ3v) is 1.36. The van der Waals surface area contributed by atoms with Gasteiger partial charge in [0.1, 0.15) is 6.61 Å². The van der Waals surface area contributed by atoms with Gasteiger partial charge < -0.3 is 4.74 Å². The number of alkyl halides is 2. The maximum absolute atomic E-state index is 12.3. The van der Waals surface area contributed by atoms with E-state index in [0.29, 0.717) is 6.61 Å². The van der Waals surface area contributed by atoms with Crippen molar-refractivity contribution in [3.8, 4) is 0 Å². The molecule has 11 heavy (non-hydrogen) atoms. The minimum Gasteiger partial charge on any atom is -0.375 e. The minimum absolute atomic E-state index is 0.00810. The van der Waals surface area contributed by atoms with Gasteiger partial charge in [-0.1, -0.05) is 20.8 Å². The third-order valence-electron chi connectivity index (χ3n) is 1.36. The van der Waals surface area contributed by atoms with Gasteiger partial charge in [-0.05, 0) is 5.92 Å². The normalized spacial score (nSPS) is 28.6. The van der Waals surface area contributed by atoms with Gasteiger partial charge >= 0.3 is 0 Å². The highest BCUT2D eigenvalue weighted by atomic mass is 19.3. The highest BCUT2D eigenvalue weighted by Crippen LogP contribution is 2.27. The van der Waals surface area contributed by atoms with E-state index in [-0.39, 0.29) is 12.3 Å². The fraction of sp³-hybridized carbons (Fsp3) is 1.00. The fourth-order valence-electron chi connectivity index (χ4n) is 1.04. The smallest absolute Gasteiger partial charge is 0.271 e. The van der Waals surface area contributed by atoms with Gasteiger partial charge in [0.2, 0.25) is 0 Å². The van der Waals surface area contributed by atoms with Gasteiger partial charge in [0, 0.05) is 13.0 Å². The minimum atomic E-state index is -2.57. The Morgan fingerprint density at radius 1 is 1.36 bits per heavy atom. The van der Waals surface area contributed by atoms with Crippen molar-refractivity contribution in [3.63, 3.8) is 0 Å². The van der Waals surface area contributed by atoms with E-state index in [4.69, 9.17) is 0 Å². The molecule has 1 fully saturated rings. The van der Waals surface area contributed by atoms with E-state index in [0.717, 1.165) is 0 Å². The van der Waals surface area contributed by atoms with Crippen molar-refractivity contribution in [1.82, 2.24) is 0 Å². The average molecular weight is 166 g/mol. The molecule has 1 aliphatic heterocycles. The quantitative estimate of drug-likeness (QED) is 0.537. The van der Waals surface area contributed by atoms with Gasteiger partial charge in [0.25, 0.3) is 5.92 Å². The highest BCUT2D eigenvalue weighted by molar-refractivity contribution is 4.73. The Labute approximate surface area is 66.7 Å². The molecule has 3 heteroatoms. The van der Waals surface area contributed by atoms with Crippen LogP contribution < -0.4 is 0 Å². The van der Waals surface area contributed by atoms with Crippen LogP contribution in [0.2, 0.25) is 0 Å². The molecular formula is C8H16F2O. The van der Waals surface area contributed by atoms with Crippen molar-refractivity contribution in [3.05, 3.63) is 0 Å². The van der Waals surface area contributed by atoms with E-state index in [1.54, 1.807) is 6.92 Å². The molecule has 1 aliphatic rings. The first-order valence-corrected chi connectivity index (χ1v) is 4.06. The van der Waals surface area contributed by atoms with Crippen LogP contribution in [0.3, 0.4) is 0 Å². The monoisotopic (exact) mass is 166 g/mol. The summed E-state index contributed by atoms with van der Waals surface area (Å²) in [6.07, 6.45) is -0.0208. The molecule has 0 aromatic carbocycles. The van der Waals surface area contributed by atoms with Crippen LogP contribution in [-0.4, -0.2) is 19.1 Å². The molecule has 1 heterocycles. The number of ether oxygens (including phenoxy) is 1. The molecular weight excluding hydrogens is 150 g/mol. The zero-order chi connectivity index (χ0) is 8.91. The predicted octanol–water partition coefficient (Wildman–Crippen LogP) is 2.70. The summed E-state index contributed by atoms with van der Waals surface area (Å²) < 4.78 is 29.3. The summed E-state index contributed by atoms with van der Waals surface area (Å²) in [6.45, 7) is 5.86. The molecule has 1 saturated heterocycles. The SMILES string of the molecule is CC.CC1COCC(F)(F)C1. The number of hydrogen-bond donors (Lipinski definition) is 0. The van der Waals surface area contributed by atoms with Gasteiger partial charge in [0.15, 0.2) is 0 Å². The first kappa shape index (κ1) is 10.8. The Balaban J connectivity index is 0.000000461. The van der Waals surface area contributed by atoms with Crippen LogP contribution in [0.25, 0.3) is 0 Å². The van der Waals surface area contributed by atoms with E-state index in [9.17, 15) is 8.78 Å². The van der Waals surface area contributed by atoms with Crippen molar-refractivity contribution in [1.29, 1.82) is 0 Å². The molecule has 0 spiro atoms. The highest BCUT2D eigenvalue weighted by Gasteiger charge is 2.35. The van der Waals surface area contributed by atoms with Crippen LogP contribution >= 0.6 is 0 Å². The zero-order valence-corrected chi connectivity index (χ0v) is 7.36. The lowest BCUT2D eigenvalue weighted by Gasteiger charge is -2.26. The molecule has 0 amide bonds. The van der Waals surface area contributed by atoms with Crippen LogP contribution in [0.4, 0.5) is 8.78 Å². The lowest BCUT2D eigenvalue weighted by Crippen LogP contribution is -2.33. The van der Waals surface area contributed by atoms with E-state index >= 15 is 0 Å². The van der Waals surface area contributed by atoms with Crippen molar-refractivity contribution >= 4 is 0 Å². The largest absolute Gasteiger partial charge is 0.375 e. The topological polar surface area (TPSA) is 9.23 Å². The van der Waals surface area contributed by atoms with Crippen LogP contribution in [0, 0.1) is 5.92 Å². The lowest BCUT2D eigenvalue weighted by atomic mass is 10.0. The van der Waals surface area contributed by atoms with Gasteiger partial charge in [-0.3, -0.25) is 0 Å². The first-order valence-electron chi connectivity index (χ1n) is 4.06. The molecule has 0 N–H and O–H groups in total. The number of rotatable bonds is 0. The summed E-state index contributed by atoms with van der Waals surface area (Å²) in [5.74, 6) is -2.56. The molecule has 1 rings (SSSR count). The van der Waals surface area contributed by atoms with Gasteiger partial charge in [-0.25, -0.2) is 8.78 Å². The van der Waals surface area contributed by atoms with Crippen LogP contribution in [0.15, 0.2) is 0 Å². The van der Waals surface area contributed by atoms with Crippen LogP contribution in [-0.2, 0) is 4.74 Å². The van der Waals surface area contributed by atoms with E-state index in [1.165, 1.54) is 0 Å². The maximum atomic E-state index is 12.3. The van der Waals surface area contributed by atoms with Crippen molar-refractivity contribution < 1.29 is 13.5 Å². The predicted molar refractivity (Wildman–Crippen MR) is 40.9 cm³/mol. The van der Waals surface area contributed by atoms with Crippen LogP contribution in [0.5, 0.6) is 0 Å². The van der Waals surface area contributed by atoms with E-state index < -0.39 is 12.5 Å². The van der Waals surface area contributed by atoms with E-state index in [2.05, 4.69) is 4.74 Å². The molecule has 1 unspecified atom stereocenters. The maximum Gasteiger partial charge on any atom is 0.271 e. The third kappa shape index (κ3) is 4.30. The summed E-state index contributed by atoms with van der Waals surface area (Å²) in [5.41, 5.74) is 0. The van der Waals surface area contributed by atoms with Gasteiger partial charge in [-0.2, -0.15) is 0 Å².